The molecule has 142 valence electrons. The lowest BCUT2D eigenvalue weighted by Gasteiger charge is -2.16. The maximum atomic E-state index is 12.5. The smallest absolute Gasteiger partial charge is 0.293 e. The Labute approximate surface area is 157 Å². The molecule has 3 rings (SSSR count). The molecule has 1 heterocycles. The number of ketones is 1. The van der Waals surface area contributed by atoms with Crippen molar-refractivity contribution in [2.24, 2.45) is 0 Å². The fourth-order valence-electron chi connectivity index (χ4n) is 3.07. The number of benzene rings is 2. The number of carbonyl (C=O) groups excluding carboxylic acids is 1. The first kappa shape index (κ1) is 19.0. The van der Waals surface area contributed by atoms with Crippen LogP contribution in [0.25, 0.3) is 0 Å². The average Bonchev–Trinajstić information content (AvgIpc) is 3.11. The molecule has 0 amide bonds. The monoisotopic (exact) mass is 389 g/mol. The molecule has 0 saturated carbocycles. The summed E-state index contributed by atoms with van der Waals surface area (Å²) in [7, 11) is -3.29. The second kappa shape index (κ2) is 7.45. The molecule has 1 N–H and O–H groups in total. The van der Waals surface area contributed by atoms with Crippen molar-refractivity contribution in [3.63, 3.8) is 0 Å². The van der Waals surface area contributed by atoms with Crippen molar-refractivity contribution in [1.82, 2.24) is 4.31 Å². The summed E-state index contributed by atoms with van der Waals surface area (Å²) in [6, 6.07) is 12.6. The molecule has 1 saturated heterocycles. The highest BCUT2D eigenvalue weighted by atomic mass is 32.2. The third-order valence-corrected chi connectivity index (χ3v) is 5.74. The van der Waals surface area contributed by atoms with Crippen molar-refractivity contribution in [1.29, 1.82) is 0 Å². The molecule has 0 bridgehead atoms. The lowest BCUT2D eigenvalue weighted by Crippen LogP contribution is -2.30. The third-order valence-electron chi connectivity index (χ3n) is 4.47. The second-order valence-corrected chi connectivity index (χ2v) is 8.42. The van der Waals surface area contributed by atoms with Crippen LogP contribution < -0.4 is 5.32 Å². The quantitative estimate of drug-likeness (QED) is 0.461. The van der Waals surface area contributed by atoms with E-state index in [0.717, 1.165) is 6.26 Å². The molecule has 0 aliphatic carbocycles. The minimum absolute atomic E-state index is 0.213. The van der Waals surface area contributed by atoms with Gasteiger partial charge < -0.3 is 5.32 Å². The van der Waals surface area contributed by atoms with Crippen molar-refractivity contribution in [3.05, 3.63) is 69.8 Å². The molecule has 1 aliphatic heterocycles. The van der Waals surface area contributed by atoms with Gasteiger partial charge in [0.25, 0.3) is 5.69 Å². The van der Waals surface area contributed by atoms with Gasteiger partial charge in [0, 0.05) is 36.3 Å². The minimum Gasteiger partial charge on any atom is -0.375 e. The Morgan fingerprint density at radius 2 is 1.89 bits per heavy atom. The number of carbonyl (C=O) groups is 1. The Kier molecular flexibility index (Phi) is 5.24. The standard InChI is InChI=1S/C18H19N3O5S/c1-27(25,26)20-10-9-15(12-20)19-16-8-7-14(11-17(16)21(23)24)18(22)13-5-3-2-4-6-13/h2-8,11,15,19H,9-10,12H2,1H3/t15-/m1/s1. The lowest BCUT2D eigenvalue weighted by atomic mass is 10.0. The summed E-state index contributed by atoms with van der Waals surface area (Å²) in [6.45, 7) is 0.621. The summed E-state index contributed by atoms with van der Waals surface area (Å²) in [5.41, 5.74) is 0.731. The van der Waals surface area contributed by atoms with Gasteiger partial charge in [0.15, 0.2) is 5.78 Å². The Morgan fingerprint density at radius 1 is 1.19 bits per heavy atom. The van der Waals surface area contributed by atoms with Crippen LogP contribution in [0.3, 0.4) is 0 Å². The van der Waals surface area contributed by atoms with E-state index in [9.17, 15) is 23.3 Å². The largest absolute Gasteiger partial charge is 0.375 e. The molecule has 1 fully saturated rings. The van der Waals surface area contributed by atoms with E-state index in [1.807, 2.05) is 0 Å². The van der Waals surface area contributed by atoms with E-state index >= 15 is 0 Å². The Hall–Kier alpha value is -2.78. The first-order chi connectivity index (χ1) is 12.8. The van der Waals surface area contributed by atoms with Gasteiger partial charge in [0.1, 0.15) is 5.69 Å². The van der Waals surface area contributed by atoms with Crippen molar-refractivity contribution < 1.29 is 18.1 Å². The minimum atomic E-state index is -3.29. The Morgan fingerprint density at radius 3 is 2.48 bits per heavy atom. The molecule has 27 heavy (non-hydrogen) atoms. The van der Waals surface area contributed by atoms with Gasteiger partial charge in [-0.2, -0.15) is 0 Å². The predicted octanol–water partition coefficient (Wildman–Crippen LogP) is 2.27. The summed E-state index contributed by atoms with van der Waals surface area (Å²) in [5.74, 6) is -0.297. The van der Waals surface area contributed by atoms with Crippen LogP contribution in [0, 0.1) is 10.1 Å². The zero-order valence-electron chi connectivity index (χ0n) is 14.7. The molecule has 1 aliphatic rings. The normalized spacial score (nSPS) is 17.6. The molecule has 9 heteroatoms. The van der Waals surface area contributed by atoms with E-state index in [4.69, 9.17) is 0 Å². The van der Waals surface area contributed by atoms with Crippen LogP contribution >= 0.6 is 0 Å². The number of nitrogens with zero attached hydrogens (tertiary/aromatic N) is 2. The molecule has 1 atom stereocenters. The summed E-state index contributed by atoms with van der Waals surface area (Å²) >= 11 is 0. The Bertz CT molecular complexity index is 976. The second-order valence-electron chi connectivity index (χ2n) is 6.44. The van der Waals surface area contributed by atoms with Crippen LogP contribution in [0.15, 0.2) is 48.5 Å². The molecule has 2 aromatic rings. The lowest BCUT2D eigenvalue weighted by molar-refractivity contribution is -0.384. The van der Waals surface area contributed by atoms with Gasteiger partial charge in [-0.3, -0.25) is 14.9 Å². The van der Waals surface area contributed by atoms with Crippen LogP contribution in [0.1, 0.15) is 22.3 Å². The zero-order chi connectivity index (χ0) is 19.6. The maximum absolute atomic E-state index is 12.5. The van der Waals surface area contributed by atoms with Gasteiger partial charge in [-0.25, -0.2) is 12.7 Å². The number of hydrogen-bond acceptors (Lipinski definition) is 6. The SMILES string of the molecule is CS(=O)(=O)N1CC[C@@H](Nc2ccc(C(=O)c3ccccc3)cc2[N+](=O)[O-])C1. The highest BCUT2D eigenvalue weighted by molar-refractivity contribution is 7.88. The number of anilines is 1. The molecule has 0 spiro atoms. The summed E-state index contributed by atoms with van der Waals surface area (Å²) in [4.78, 5) is 23.4. The number of nitro benzene ring substituents is 1. The van der Waals surface area contributed by atoms with Crippen molar-refractivity contribution in [2.45, 2.75) is 12.5 Å². The van der Waals surface area contributed by atoms with Crippen molar-refractivity contribution >= 4 is 27.2 Å². The number of nitrogens with one attached hydrogen (secondary N) is 1. The molecule has 0 radical (unpaired) electrons. The van der Waals surface area contributed by atoms with E-state index in [1.165, 1.54) is 22.5 Å². The van der Waals surface area contributed by atoms with Crippen LogP contribution in [0.4, 0.5) is 11.4 Å². The molecule has 8 nitrogen and oxygen atoms in total. The topological polar surface area (TPSA) is 110 Å². The predicted molar refractivity (Wildman–Crippen MR) is 101 cm³/mol. The van der Waals surface area contributed by atoms with Gasteiger partial charge in [-0.15, -0.1) is 0 Å². The number of hydrogen-bond donors (Lipinski definition) is 1. The van der Waals surface area contributed by atoms with E-state index in [-0.39, 0.29) is 35.3 Å². The van der Waals surface area contributed by atoms with E-state index in [2.05, 4.69) is 5.32 Å². The Balaban J connectivity index is 1.83. The van der Waals surface area contributed by atoms with Gasteiger partial charge >= 0.3 is 0 Å². The molecule has 2 aromatic carbocycles. The van der Waals surface area contributed by atoms with Crippen LogP contribution in [0.2, 0.25) is 0 Å². The van der Waals surface area contributed by atoms with Gasteiger partial charge in [0.2, 0.25) is 10.0 Å². The van der Waals surface area contributed by atoms with Crippen LogP contribution in [-0.2, 0) is 10.0 Å². The highest BCUT2D eigenvalue weighted by Crippen LogP contribution is 2.29. The fourth-order valence-corrected chi connectivity index (χ4v) is 3.96. The van der Waals surface area contributed by atoms with E-state index < -0.39 is 14.9 Å². The zero-order valence-corrected chi connectivity index (χ0v) is 15.5. The van der Waals surface area contributed by atoms with Gasteiger partial charge in [-0.1, -0.05) is 30.3 Å². The van der Waals surface area contributed by atoms with Crippen LogP contribution in [0.5, 0.6) is 0 Å². The molecule has 0 aromatic heterocycles. The first-order valence-electron chi connectivity index (χ1n) is 8.35. The summed E-state index contributed by atoms with van der Waals surface area (Å²) in [5, 5.41) is 14.5. The van der Waals surface area contributed by atoms with Crippen molar-refractivity contribution in [2.75, 3.05) is 24.7 Å². The highest BCUT2D eigenvalue weighted by Gasteiger charge is 2.30. The third kappa shape index (κ3) is 4.32. The fraction of sp³-hybridized carbons (Fsp3) is 0.278. The van der Waals surface area contributed by atoms with E-state index in [0.29, 0.717) is 18.5 Å². The molecular formula is C18H19N3O5S. The first-order valence-corrected chi connectivity index (χ1v) is 10.2. The molecular weight excluding hydrogens is 370 g/mol. The summed E-state index contributed by atoms with van der Waals surface area (Å²) < 4.78 is 24.6. The number of nitro groups is 1. The molecule has 0 unspecified atom stereocenters. The van der Waals surface area contributed by atoms with E-state index in [1.54, 1.807) is 30.3 Å². The average molecular weight is 389 g/mol. The maximum Gasteiger partial charge on any atom is 0.293 e. The van der Waals surface area contributed by atoms with Gasteiger partial charge in [0.05, 0.1) is 11.2 Å². The summed E-state index contributed by atoms with van der Waals surface area (Å²) in [6.07, 6.45) is 1.69. The van der Waals surface area contributed by atoms with Crippen LogP contribution in [-0.4, -0.2) is 48.8 Å². The van der Waals surface area contributed by atoms with Gasteiger partial charge in [-0.05, 0) is 18.6 Å². The number of sulfonamides is 1. The number of rotatable bonds is 6. The van der Waals surface area contributed by atoms with Crippen molar-refractivity contribution in [3.8, 4) is 0 Å².